The number of fused-ring (bicyclic) bond motifs is 2. The Kier molecular flexibility index (Phi) is 11.3. The number of aromatic nitrogens is 3. The van der Waals surface area contributed by atoms with Crippen LogP contribution in [-0.4, -0.2) is 52.8 Å². The van der Waals surface area contributed by atoms with Gasteiger partial charge in [0.15, 0.2) is 0 Å². The average Bonchev–Trinajstić information content (AvgIpc) is 3.59. The van der Waals surface area contributed by atoms with Gasteiger partial charge >= 0.3 is 5.97 Å². The minimum atomic E-state index is -0.349. The van der Waals surface area contributed by atoms with Gasteiger partial charge in [-0.25, -0.2) is 4.79 Å². The predicted octanol–water partition coefficient (Wildman–Crippen LogP) is 8.07. The number of nitrogens with zero attached hydrogens (tertiary/aromatic N) is 3. The molecule has 0 saturated carbocycles. The van der Waals surface area contributed by atoms with Crippen LogP contribution in [0.15, 0.2) is 91.7 Å². The van der Waals surface area contributed by atoms with Crippen molar-refractivity contribution in [1.29, 1.82) is 0 Å². The first-order valence-corrected chi connectivity index (χ1v) is 16.2. The van der Waals surface area contributed by atoms with Crippen LogP contribution in [0.25, 0.3) is 32.8 Å². The molecule has 0 saturated heterocycles. The second kappa shape index (κ2) is 15.8. The Hall–Kier alpha value is -4.66. The molecule has 2 aromatic heterocycles. The summed E-state index contributed by atoms with van der Waals surface area (Å²) in [6, 6.07) is 20.5. The smallest absolute Gasteiger partial charge is 0.355 e. The zero-order chi connectivity index (χ0) is 33.3. The third-order valence-electron chi connectivity index (χ3n) is 8.06. The van der Waals surface area contributed by atoms with Crippen molar-refractivity contribution in [3.8, 4) is 16.9 Å². The van der Waals surface area contributed by atoms with Crippen LogP contribution >= 0.6 is 0 Å². The molecule has 0 aliphatic carbocycles. The van der Waals surface area contributed by atoms with Crippen molar-refractivity contribution in [2.45, 2.75) is 52.9 Å². The molecule has 0 radical (unpaired) electrons. The quantitative estimate of drug-likeness (QED) is 0.0584. The normalized spacial score (nSPS) is 11.4. The first-order chi connectivity index (χ1) is 22.8. The number of para-hydroxylation sites is 1. The van der Waals surface area contributed by atoms with Gasteiger partial charge < -0.3 is 23.5 Å². The lowest BCUT2D eigenvalue weighted by molar-refractivity contribution is 0.0513. The Morgan fingerprint density at radius 3 is 2.55 bits per heavy atom. The molecule has 0 atom stereocenters. The monoisotopic (exact) mass is 635 g/mol. The number of carbonyl (C=O) groups is 1. The maximum atomic E-state index is 13.6. The number of ether oxygens (including phenoxy) is 4. The van der Waals surface area contributed by atoms with E-state index in [1.165, 1.54) is 0 Å². The van der Waals surface area contributed by atoms with Crippen molar-refractivity contribution < 1.29 is 23.7 Å². The molecule has 0 N–H and O–H groups in total. The summed E-state index contributed by atoms with van der Waals surface area (Å²) in [6.45, 7) is 16.3. The molecular weight excluding hydrogens is 590 g/mol. The van der Waals surface area contributed by atoms with Crippen LogP contribution in [0.3, 0.4) is 0 Å². The highest BCUT2D eigenvalue weighted by atomic mass is 16.5. The molecule has 0 spiro atoms. The summed E-state index contributed by atoms with van der Waals surface area (Å²) in [5.41, 5.74) is 6.11. The van der Waals surface area contributed by atoms with E-state index < -0.39 is 0 Å². The van der Waals surface area contributed by atoms with Crippen molar-refractivity contribution >= 4 is 27.6 Å². The summed E-state index contributed by atoms with van der Waals surface area (Å²) in [4.78, 5) is 13.6. The largest absolute Gasteiger partial charge is 0.493 e. The molecule has 0 bridgehead atoms. The van der Waals surface area contributed by atoms with E-state index in [4.69, 9.17) is 18.9 Å². The Bertz CT molecular complexity index is 1860. The molecule has 0 fully saturated rings. The molecular formula is C39H45N3O5. The van der Waals surface area contributed by atoms with E-state index >= 15 is 0 Å². The lowest BCUT2D eigenvalue weighted by atomic mass is 10.00. The first kappa shape index (κ1) is 33.7. The number of esters is 1. The van der Waals surface area contributed by atoms with Gasteiger partial charge in [0.1, 0.15) is 11.4 Å². The van der Waals surface area contributed by atoms with E-state index in [9.17, 15) is 4.79 Å². The van der Waals surface area contributed by atoms with E-state index in [0.29, 0.717) is 51.5 Å². The maximum absolute atomic E-state index is 13.6. The molecule has 2 heterocycles. The van der Waals surface area contributed by atoms with Crippen LogP contribution in [0, 0.1) is 0 Å². The van der Waals surface area contributed by atoms with Crippen molar-refractivity contribution in [2.75, 3.05) is 26.4 Å². The van der Waals surface area contributed by atoms with Gasteiger partial charge in [-0.3, -0.25) is 4.68 Å². The summed E-state index contributed by atoms with van der Waals surface area (Å²) in [7, 11) is 1.91. The number of hydrogen-bond donors (Lipinski definition) is 0. The van der Waals surface area contributed by atoms with Crippen LogP contribution in [0.2, 0.25) is 0 Å². The molecule has 0 unspecified atom stereocenters. The topological polar surface area (TPSA) is 76.7 Å². The minimum absolute atomic E-state index is 0.129. The van der Waals surface area contributed by atoms with Crippen LogP contribution in [0.4, 0.5) is 0 Å². The first-order valence-electron chi connectivity index (χ1n) is 16.2. The summed E-state index contributed by atoms with van der Waals surface area (Å²) >= 11 is 0. The Morgan fingerprint density at radius 2 is 1.77 bits per heavy atom. The second-order valence-electron chi connectivity index (χ2n) is 11.8. The Balaban J connectivity index is 1.47. The highest BCUT2D eigenvalue weighted by Gasteiger charge is 2.26. The summed E-state index contributed by atoms with van der Waals surface area (Å²) in [5, 5.41) is 7.80. The lowest BCUT2D eigenvalue weighted by Crippen LogP contribution is -2.14. The molecule has 0 aliphatic heterocycles. The van der Waals surface area contributed by atoms with Gasteiger partial charge in [-0.15, -0.1) is 6.58 Å². The molecule has 8 heteroatoms. The summed E-state index contributed by atoms with van der Waals surface area (Å²) < 4.78 is 27.5. The number of benzene rings is 3. The van der Waals surface area contributed by atoms with Gasteiger partial charge in [0.05, 0.1) is 56.5 Å². The molecule has 0 amide bonds. The highest BCUT2D eigenvalue weighted by Crippen LogP contribution is 2.37. The minimum Gasteiger partial charge on any atom is -0.493 e. The third kappa shape index (κ3) is 7.67. The van der Waals surface area contributed by atoms with E-state index in [0.717, 1.165) is 55.4 Å². The van der Waals surface area contributed by atoms with Crippen LogP contribution in [-0.2, 0) is 40.8 Å². The summed E-state index contributed by atoms with van der Waals surface area (Å²) in [6.07, 6.45) is 5.14. The molecule has 47 heavy (non-hydrogen) atoms. The fourth-order valence-corrected chi connectivity index (χ4v) is 5.92. The predicted molar refractivity (Wildman–Crippen MR) is 188 cm³/mol. The van der Waals surface area contributed by atoms with Crippen molar-refractivity contribution in [3.05, 3.63) is 109 Å². The van der Waals surface area contributed by atoms with E-state index in [2.05, 4.69) is 48.6 Å². The molecule has 5 rings (SSSR count). The highest BCUT2D eigenvalue weighted by molar-refractivity contribution is 6.04. The summed E-state index contributed by atoms with van der Waals surface area (Å²) in [5.74, 6) is 0.505. The third-order valence-corrected chi connectivity index (χ3v) is 8.06. The second-order valence-corrected chi connectivity index (χ2v) is 11.8. The van der Waals surface area contributed by atoms with Gasteiger partial charge in [0.2, 0.25) is 0 Å². The fourth-order valence-electron chi connectivity index (χ4n) is 5.92. The molecule has 8 nitrogen and oxygen atoms in total. The Labute approximate surface area is 277 Å². The number of allylic oxidation sites excluding steroid dienone is 1. The number of hydrogen-bond acceptors (Lipinski definition) is 6. The average molecular weight is 636 g/mol. The number of aryl methyl sites for hydroxylation is 2. The van der Waals surface area contributed by atoms with Gasteiger partial charge in [0.25, 0.3) is 0 Å². The molecule has 246 valence electrons. The zero-order valence-electron chi connectivity index (χ0n) is 28.0. The van der Waals surface area contributed by atoms with Crippen molar-refractivity contribution in [3.63, 3.8) is 0 Å². The van der Waals surface area contributed by atoms with E-state index in [1.54, 1.807) is 0 Å². The SMILES string of the molecule is C=CCn1c(C(=O)OCC)c(CCCOc2cccc3ccccc23)c2cccc(-c3cnn(C)c3COCC(=C)COC(C)C)c21. The van der Waals surface area contributed by atoms with Gasteiger partial charge in [0, 0.05) is 35.5 Å². The standard InChI is InChI=1S/C39H45N3O5/c1-7-21-42-37-31(17-12-18-33(37)34-23-40-41(6)35(34)26-44-24-28(5)25-47-27(3)4)32(38(42)39(43)45-8-2)19-13-22-46-36-20-11-15-29-14-9-10-16-30(29)36/h7,9-12,14-18,20,23,27H,1,5,8,13,19,21-22,24-26H2,2-4,6H3. The Morgan fingerprint density at radius 1 is 1.00 bits per heavy atom. The molecule has 0 aliphatic rings. The fraction of sp³-hybridized carbons (Fsp3) is 0.333. The number of rotatable bonds is 17. The van der Waals surface area contributed by atoms with Gasteiger partial charge in [-0.1, -0.05) is 67.3 Å². The molecule has 5 aromatic rings. The van der Waals surface area contributed by atoms with Gasteiger partial charge in [-0.2, -0.15) is 5.10 Å². The van der Waals surface area contributed by atoms with Crippen LogP contribution in [0.1, 0.15) is 48.9 Å². The van der Waals surface area contributed by atoms with Crippen molar-refractivity contribution in [1.82, 2.24) is 14.3 Å². The van der Waals surface area contributed by atoms with Crippen molar-refractivity contribution in [2.24, 2.45) is 7.05 Å². The van der Waals surface area contributed by atoms with Gasteiger partial charge in [-0.05, 0) is 56.2 Å². The van der Waals surface area contributed by atoms with Crippen LogP contribution < -0.4 is 4.74 Å². The van der Waals surface area contributed by atoms with Crippen LogP contribution in [0.5, 0.6) is 5.75 Å². The lowest BCUT2D eigenvalue weighted by Gasteiger charge is -2.13. The number of carbonyl (C=O) groups excluding carboxylic acids is 1. The zero-order valence-corrected chi connectivity index (χ0v) is 28.0. The molecule has 3 aromatic carbocycles. The maximum Gasteiger partial charge on any atom is 0.355 e. The van der Waals surface area contributed by atoms with E-state index in [-0.39, 0.29) is 18.7 Å². The van der Waals surface area contributed by atoms with E-state index in [1.807, 2.05) is 79.7 Å².